The van der Waals surface area contributed by atoms with Crippen LogP contribution >= 0.6 is 11.8 Å². The summed E-state index contributed by atoms with van der Waals surface area (Å²) in [5, 5.41) is 7.57. The van der Waals surface area contributed by atoms with Crippen LogP contribution < -0.4 is 10.6 Å². The molecule has 0 aromatic carbocycles. The third-order valence-corrected chi connectivity index (χ3v) is 3.83. The highest BCUT2D eigenvalue weighted by atomic mass is 32.2. The fraction of sp³-hybridized carbons (Fsp3) is 0.750. The van der Waals surface area contributed by atoms with E-state index in [1.54, 1.807) is 11.8 Å². The fourth-order valence-corrected chi connectivity index (χ4v) is 2.45. The zero-order valence-corrected chi connectivity index (χ0v) is 14.6. The highest BCUT2D eigenvalue weighted by Crippen LogP contribution is 2.17. The van der Waals surface area contributed by atoms with E-state index in [0.29, 0.717) is 0 Å². The Labute approximate surface area is 133 Å². The Morgan fingerprint density at radius 3 is 2.10 bits per heavy atom. The summed E-state index contributed by atoms with van der Waals surface area (Å²) in [7, 11) is 0. The predicted molar refractivity (Wildman–Crippen MR) is 94.5 cm³/mol. The average Bonchev–Trinajstić information content (AvgIpc) is 2.51. The van der Waals surface area contributed by atoms with Crippen molar-refractivity contribution in [1.82, 2.24) is 9.97 Å². The Bertz CT molecular complexity index is 385. The lowest BCUT2D eigenvalue weighted by Crippen LogP contribution is -2.08. The van der Waals surface area contributed by atoms with Gasteiger partial charge in [-0.15, -0.1) is 0 Å². The molecule has 1 heterocycles. The van der Waals surface area contributed by atoms with E-state index in [1.165, 1.54) is 38.5 Å². The van der Waals surface area contributed by atoms with Crippen LogP contribution in [0.2, 0.25) is 0 Å². The summed E-state index contributed by atoms with van der Waals surface area (Å²) in [5.74, 6) is 1.85. The standard InChI is InChI=1S/C16H30N4S/c1-4-6-7-8-9-10-12-18-15-13-14(17-11-5-2)19-16(20-15)21-3/h13H,4-12H2,1-3H3,(H2,17,18,19,20). The van der Waals surface area contributed by atoms with Gasteiger partial charge in [-0.05, 0) is 19.1 Å². The van der Waals surface area contributed by atoms with Gasteiger partial charge in [0.2, 0.25) is 0 Å². The van der Waals surface area contributed by atoms with Crippen molar-refractivity contribution < 1.29 is 0 Å². The second-order valence-electron chi connectivity index (χ2n) is 5.25. The Morgan fingerprint density at radius 1 is 0.857 bits per heavy atom. The molecule has 1 rings (SSSR count). The highest BCUT2D eigenvalue weighted by molar-refractivity contribution is 7.98. The van der Waals surface area contributed by atoms with E-state index in [-0.39, 0.29) is 0 Å². The number of unbranched alkanes of at least 4 members (excludes halogenated alkanes) is 5. The molecule has 0 unspecified atom stereocenters. The van der Waals surface area contributed by atoms with Crippen molar-refractivity contribution in [3.8, 4) is 0 Å². The predicted octanol–water partition coefficient (Wildman–Crippen LogP) is 4.79. The van der Waals surface area contributed by atoms with Gasteiger partial charge in [-0.25, -0.2) is 9.97 Å². The molecule has 0 atom stereocenters. The highest BCUT2D eigenvalue weighted by Gasteiger charge is 2.03. The molecule has 0 fully saturated rings. The molecular formula is C16H30N4S. The van der Waals surface area contributed by atoms with Gasteiger partial charge in [0.05, 0.1) is 0 Å². The lowest BCUT2D eigenvalue weighted by Gasteiger charge is -2.10. The molecular weight excluding hydrogens is 280 g/mol. The number of hydrogen-bond donors (Lipinski definition) is 2. The van der Waals surface area contributed by atoms with E-state index >= 15 is 0 Å². The van der Waals surface area contributed by atoms with Crippen LogP contribution in [0.1, 0.15) is 58.8 Å². The number of nitrogens with zero attached hydrogens (tertiary/aromatic N) is 2. The summed E-state index contributed by atoms with van der Waals surface area (Å²) >= 11 is 1.58. The number of thioether (sulfide) groups is 1. The van der Waals surface area contributed by atoms with Crippen LogP contribution in [0.4, 0.5) is 11.6 Å². The van der Waals surface area contributed by atoms with Crippen LogP contribution in [-0.4, -0.2) is 29.3 Å². The normalized spacial score (nSPS) is 10.6. The average molecular weight is 311 g/mol. The molecule has 0 radical (unpaired) electrons. The fourth-order valence-electron chi connectivity index (χ4n) is 2.07. The van der Waals surface area contributed by atoms with Gasteiger partial charge in [-0.3, -0.25) is 0 Å². The van der Waals surface area contributed by atoms with Gasteiger partial charge in [0.25, 0.3) is 0 Å². The first-order valence-corrected chi connectivity index (χ1v) is 9.43. The second-order valence-corrected chi connectivity index (χ2v) is 6.02. The minimum Gasteiger partial charge on any atom is -0.370 e. The Kier molecular flexibility index (Phi) is 10.0. The van der Waals surface area contributed by atoms with Crippen LogP contribution in [0.3, 0.4) is 0 Å². The number of rotatable bonds is 12. The quantitative estimate of drug-likeness (QED) is 0.330. The Balaban J connectivity index is 2.35. The molecule has 1 aromatic heterocycles. The zero-order valence-electron chi connectivity index (χ0n) is 13.7. The van der Waals surface area contributed by atoms with E-state index in [4.69, 9.17) is 0 Å². The number of anilines is 2. The first-order chi connectivity index (χ1) is 10.3. The molecule has 0 aliphatic heterocycles. The molecule has 0 aliphatic carbocycles. The van der Waals surface area contributed by atoms with Crippen LogP contribution in [0.25, 0.3) is 0 Å². The van der Waals surface area contributed by atoms with Gasteiger partial charge >= 0.3 is 0 Å². The van der Waals surface area contributed by atoms with Gasteiger partial charge in [-0.2, -0.15) is 0 Å². The molecule has 0 amide bonds. The molecule has 5 heteroatoms. The lowest BCUT2D eigenvalue weighted by molar-refractivity contribution is 0.616. The van der Waals surface area contributed by atoms with E-state index < -0.39 is 0 Å². The van der Waals surface area contributed by atoms with Crippen LogP contribution in [-0.2, 0) is 0 Å². The maximum Gasteiger partial charge on any atom is 0.191 e. The molecule has 0 saturated heterocycles. The minimum absolute atomic E-state index is 0.821. The zero-order chi connectivity index (χ0) is 15.3. The van der Waals surface area contributed by atoms with E-state index in [1.807, 2.05) is 12.3 Å². The van der Waals surface area contributed by atoms with E-state index in [0.717, 1.165) is 36.3 Å². The van der Waals surface area contributed by atoms with Crippen molar-refractivity contribution in [3.05, 3.63) is 6.07 Å². The maximum atomic E-state index is 4.51. The van der Waals surface area contributed by atoms with Crippen LogP contribution in [0.15, 0.2) is 11.2 Å². The lowest BCUT2D eigenvalue weighted by atomic mass is 10.1. The third-order valence-electron chi connectivity index (χ3n) is 3.28. The smallest absolute Gasteiger partial charge is 0.191 e. The second kappa shape index (κ2) is 11.7. The summed E-state index contributed by atoms with van der Waals surface area (Å²) in [5.41, 5.74) is 0. The van der Waals surface area contributed by atoms with Gasteiger partial charge in [0.1, 0.15) is 11.6 Å². The molecule has 0 aliphatic rings. The van der Waals surface area contributed by atoms with Gasteiger partial charge < -0.3 is 10.6 Å². The summed E-state index contributed by atoms with van der Waals surface area (Å²) in [6.07, 6.45) is 11.0. The van der Waals surface area contributed by atoms with Gasteiger partial charge in [-0.1, -0.05) is 57.7 Å². The SMILES string of the molecule is CCCCCCCCNc1cc(NCCC)nc(SC)n1. The topological polar surface area (TPSA) is 49.8 Å². The third kappa shape index (κ3) is 8.15. The van der Waals surface area contributed by atoms with Crippen molar-refractivity contribution in [2.24, 2.45) is 0 Å². The largest absolute Gasteiger partial charge is 0.370 e. The minimum atomic E-state index is 0.821. The van der Waals surface area contributed by atoms with Gasteiger partial charge in [0, 0.05) is 19.2 Å². The van der Waals surface area contributed by atoms with Crippen molar-refractivity contribution >= 4 is 23.4 Å². The number of hydrogen-bond acceptors (Lipinski definition) is 5. The summed E-state index contributed by atoms with van der Waals surface area (Å²) in [4.78, 5) is 8.98. The van der Waals surface area contributed by atoms with Crippen LogP contribution in [0, 0.1) is 0 Å². The molecule has 0 saturated carbocycles. The van der Waals surface area contributed by atoms with Crippen LogP contribution in [0.5, 0.6) is 0 Å². The molecule has 0 spiro atoms. The molecule has 21 heavy (non-hydrogen) atoms. The Hall–Kier alpha value is -0.970. The molecule has 1 aromatic rings. The van der Waals surface area contributed by atoms with E-state index in [2.05, 4.69) is 34.4 Å². The monoisotopic (exact) mass is 310 g/mol. The molecule has 120 valence electrons. The van der Waals surface area contributed by atoms with Gasteiger partial charge in [0.15, 0.2) is 5.16 Å². The first kappa shape index (κ1) is 18.1. The van der Waals surface area contributed by atoms with Crippen molar-refractivity contribution in [2.45, 2.75) is 63.9 Å². The summed E-state index contributed by atoms with van der Waals surface area (Å²) in [6, 6.07) is 2.01. The summed E-state index contributed by atoms with van der Waals surface area (Å²) < 4.78 is 0. The van der Waals surface area contributed by atoms with E-state index in [9.17, 15) is 0 Å². The van der Waals surface area contributed by atoms with Crippen molar-refractivity contribution in [3.63, 3.8) is 0 Å². The molecule has 0 bridgehead atoms. The Morgan fingerprint density at radius 2 is 1.48 bits per heavy atom. The first-order valence-electron chi connectivity index (χ1n) is 8.21. The summed E-state index contributed by atoms with van der Waals surface area (Å²) in [6.45, 7) is 6.34. The molecule has 2 N–H and O–H groups in total. The molecule has 4 nitrogen and oxygen atoms in total. The number of aromatic nitrogens is 2. The van der Waals surface area contributed by atoms with Crippen molar-refractivity contribution in [1.29, 1.82) is 0 Å². The van der Waals surface area contributed by atoms with Crippen molar-refractivity contribution in [2.75, 3.05) is 30.0 Å². The number of nitrogens with one attached hydrogen (secondary N) is 2. The maximum absolute atomic E-state index is 4.51.